The van der Waals surface area contributed by atoms with Crippen LogP contribution in [-0.4, -0.2) is 24.3 Å². The zero-order valence-corrected chi connectivity index (χ0v) is 13.3. The van der Waals surface area contributed by atoms with E-state index in [1.807, 2.05) is 36.4 Å². The minimum atomic E-state index is -1.02. The summed E-state index contributed by atoms with van der Waals surface area (Å²) >= 11 is 0. The van der Waals surface area contributed by atoms with E-state index in [0.29, 0.717) is 18.1 Å². The van der Waals surface area contributed by atoms with Gasteiger partial charge in [-0.15, -0.1) is 6.58 Å². The van der Waals surface area contributed by atoms with Gasteiger partial charge in [0.2, 0.25) is 0 Å². The number of ether oxygens (including phenoxy) is 3. The molecule has 0 saturated heterocycles. The molecule has 0 aliphatic carbocycles. The molecule has 0 bridgehead atoms. The molecule has 5 heteroatoms. The minimum Gasteiger partial charge on any atom is -0.493 e. The predicted octanol–water partition coefficient (Wildman–Crippen LogP) is 3.68. The second-order valence-electron chi connectivity index (χ2n) is 4.98. The van der Waals surface area contributed by atoms with Crippen LogP contribution in [0.4, 0.5) is 0 Å². The maximum atomic E-state index is 10.6. The fourth-order valence-corrected chi connectivity index (χ4v) is 1.96. The fraction of sp³-hybridized carbons (Fsp3) is 0.211. The lowest BCUT2D eigenvalue weighted by atomic mass is 10.2. The Morgan fingerprint density at radius 2 is 1.67 bits per heavy atom. The molecule has 0 heterocycles. The third-order valence-electron chi connectivity index (χ3n) is 3.13. The first-order chi connectivity index (χ1) is 11.7. The topological polar surface area (TPSA) is 65.0 Å². The Bertz CT molecular complexity index is 664. The van der Waals surface area contributed by atoms with E-state index < -0.39 is 5.97 Å². The summed E-state index contributed by atoms with van der Waals surface area (Å²) in [5.41, 5.74) is 0.782. The van der Waals surface area contributed by atoms with Gasteiger partial charge in [-0.2, -0.15) is 0 Å². The van der Waals surface area contributed by atoms with E-state index in [1.165, 1.54) is 0 Å². The molecule has 0 amide bonds. The summed E-state index contributed by atoms with van der Waals surface area (Å²) in [6, 6.07) is 14.5. The lowest BCUT2D eigenvalue weighted by molar-refractivity contribution is -0.139. The highest BCUT2D eigenvalue weighted by atomic mass is 16.5. The Labute approximate surface area is 141 Å². The van der Waals surface area contributed by atoms with Gasteiger partial charge in [-0.25, -0.2) is 4.79 Å². The van der Waals surface area contributed by atoms with Gasteiger partial charge in [-0.05, 0) is 36.8 Å². The molecule has 2 rings (SSSR count). The number of hydrogen-bond acceptors (Lipinski definition) is 4. The normalized spacial score (nSPS) is 10.0. The molecule has 0 saturated carbocycles. The van der Waals surface area contributed by atoms with Crippen LogP contribution in [0.1, 0.15) is 12.0 Å². The van der Waals surface area contributed by atoms with Crippen LogP contribution in [0.3, 0.4) is 0 Å². The van der Waals surface area contributed by atoms with Crippen LogP contribution in [-0.2, 0) is 11.4 Å². The second-order valence-corrected chi connectivity index (χ2v) is 4.98. The highest BCUT2D eigenvalue weighted by Gasteiger charge is 2.06. The number of carboxylic acids is 1. The monoisotopic (exact) mass is 328 g/mol. The fourth-order valence-electron chi connectivity index (χ4n) is 1.96. The lowest BCUT2D eigenvalue weighted by Gasteiger charge is -2.12. The minimum absolute atomic E-state index is 0.284. The standard InChI is InChI=1S/C19H20O5/c1-2-3-12-22-16-8-10-17(11-9-16)23-13-15-6-4-5-7-18(15)24-14-19(20)21/h2,4-11H,1,3,12-14H2,(H,20,21). The summed E-state index contributed by atoms with van der Waals surface area (Å²) in [6.07, 6.45) is 2.60. The third kappa shape index (κ3) is 5.68. The Morgan fingerprint density at radius 3 is 2.33 bits per heavy atom. The summed E-state index contributed by atoms with van der Waals surface area (Å²) in [5.74, 6) is 0.954. The summed E-state index contributed by atoms with van der Waals surface area (Å²) in [6.45, 7) is 4.14. The molecule has 2 aromatic rings. The molecule has 0 atom stereocenters. The molecule has 2 aromatic carbocycles. The summed E-state index contributed by atoms with van der Waals surface area (Å²) in [4.78, 5) is 10.6. The first-order valence-electron chi connectivity index (χ1n) is 7.58. The predicted molar refractivity (Wildman–Crippen MR) is 90.7 cm³/mol. The number of rotatable bonds is 10. The maximum Gasteiger partial charge on any atom is 0.341 e. The number of aliphatic carboxylic acids is 1. The van der Waals surface area contributed by atoms with Crippen LogP contribution in [0.15, 0.2) is 61.2 Å². The maximum absolute atomic E-state index is 10.6. The molecule has 0 fully saturated rings. The summed E-state index contributed by atoms with van der Waals surface area (Å²) in [5, 5.41) is 8.70. The lowest BCUT2D eigenvalue weighted by Crippen LogP contribution is -2.11. The molecule has 0 aliphatic rings. The largest absolute Gasteiger partial charge is 0.493 e. The van der Waals surface area contributed by atoms with Gasteiger partial charge in [0, 0.05) is 5.56 Å². The first-order valence-corrected chi connectivity index (χ1v) is 7.58. The van der Waals surface area contributed by atoms with Crippen molar-refractivity contribution in [2.75, 3.05) is 13.2 Å². The van der Waals surface area contributed by atoms with Crippen LogP contribution in [0, 0.1) is 0 Å². The van der Waals surface area contributed by atoms with Gasteiger partial charge in [0.05, 0.1) is 6.61 Å². The highest BCUT2D eigenvalue weighted by Crippen LogP contribution is 2.22. The van der Waals surface area contributed by atoms with Gasteiger partial charge in [0.25, 0.3) is 0 Å². The van der Waals surface area contributed by atoms with Crippen LogP contribution in [0.25, 0.3) is 0 Å². The van der Waals surface area contributed by atoms with Gasteiger partial charge in [-0.3, -0.25) is 0 Å². The molecule has 5 nitrogen and oxygen atoms in total. The van der Waals surface area contributed by atoms with E-state index in [0.717, 1.165) is 17.7 Å². The zero-order valence-electron chi connectivity index (χ0n) is 13.3. The van der Waals surface area contributed by atoms with Crippen molar-refractivity contribution in [2.24, 2.45) is 0 Å². The van der Waals surface area contributed by atoms with Gasteiger partial charge in [-0.1, -0.05) is 24.3 Å². The Balaban J connectivity index is 1.91. The van der Waals surface area contributed by atoms with Gasteiger partial charge >= 0.3 is 5.97 Å². The van der Waals surface area contributed by atoms with Crippen LogP contribution in [0.2, 0.25) is 0 Å². The van der Waals surface area contributed by atoms with E-state index >= 15 is 0 Å². The molecule has 0 spiro atoms. The Kier molecular flexibility index (Phi) is 6.71. The Morgan fingerprint density at radius 1 is 1.00 bits per heavy atom. The average molecular weight is 328 g/mol. The number of carbonyl (C=O) groups is 1. The number of para-hydroxylation sites is 1. The van der Waals surface area contributed by atoms with Crippen molar-refractivity contribution in [1.29, 1.82) is 0 Å². The molecule has 24 heavy (non-hydrogen) atoms. The van der Waals surface area contributed by atoms with Crippen molar-refractivity contribution in [3.05, 3.63) is 66.7 Å². The summed E-state index contributed by atoms with van der Waals surface area (Å²) in [7, 11) is 0. The van der Waals surface area contributed by atoms with E-state index in [1.54, 1.807) is 18.2 Å². The quantitative estimate of drug-likeness (QED) is 0.532. The molecule has 0 unspecified atom stereocenters. The average Bonchev–Trinajstić information content (AvgIpc) is 2.60. The van der Waals surface area contributed by atoms with Crippen LogP contribution >= 0.6 is 0 Å². The SMILES string of the molecule is C=CCCOc1ccc(OCc2ccccc2OCC(=O)O)cc1. The second kappa shape index (κ2) is 9.25. The molecule has 0 aromatic heterocycles. The first kappa shape index (κ1) is 17.4. The van der Waals surface area contributed by atoms with Crippen molar-refractivity contribution >= 4 is 5.97 Å². The van der Waals surface area contributed by atoms with E-state index in [2.05, 4.69) is 6.58 Å². The number of benzene rings is 2. The highest BCUT2D eigenvalue weighted by molar-refractivity contribution is 5.68. The smallest absolute Gasteiger partial charge is 0.341 e. The number of hydrogen-bond donors (Lipinski definition) is 1. The molecular weight excluding hydrogens is 308 g/mol. The molecular formula is C19H20O5. The van der Waals surface area contributed by atoms with Crippen LogP contribution in [0.5, 0.6) is 17.2 Å². The van der Waals surface area contributed by atoms with E-state index in [9.17, 15) is 4.79 Å². The molecule has 0 radical (unpaired) electrons. The van der Waals surface area contributed by atoms with E-state index in [4.69, 9.17) is 19.3 Å². The van der Waals surface area contributed by atoms with Crippen LogP contribution < -0.4 is 14.2 Å². The molecule has 0 aliphatic heterocycles. The third-order valence-corrected chi connectivity index (χ3v) is 3.13. The van der Waals surface area contributed by atoms with Crippen molar-refractivity contribution < 1.29 is 24.1 Å². The Hall–Kier alpha value is -2.95. The van der Waals surface area contributed by atoms with E-state index in [-0.39, 0.29) is 13.2 Å². The van der Waals surface area contributed by atoms with Crippen molar-refractivity contribution in [3.8, 4) is 17.2 Å². The van der Waals surface area contributed by atoms with Gasteiger partial charge in [0.1, 0.15) is 23.9 Å². The van der Waals surface area contributed by atoms with Gasteiger partial charge < -0.3 is 19.3 Å². The van der Waals surface area contributed by atoms with Gasteiger partial charge in [0.15, 0.2) is 6.61 Å². The molecule has 126 valence electrons. The van der Waals surface area contributed by atoms with Crippen molar-refractivity contribution in [3.63, 3.8) is 0 Å². The van der Waals surface area contributed by atoms with Crippen molar-refractivity contribution in [1.82, 2.24) is 0 Å². The summed E-state index contributed by atoms with van der Waals surface area (Å²) < 4.78 is 16.5. The molecule has 1 N–H and O–H groups in total. The van der Waals surface area contributed by atoms with Crippen molar-refractivity contribution in [2.45, 2.75) is 13.0 Å². The zero-order chi connectivity index (χ0) is 17.2. The number of carboxylic acid groups (broad SMARTS) is 1.